The van der Waals surface area contributed by atoms with E-state index in [2.05, 4.69) is 14.8 Å². The Hall–Kier alpha value is -1.62. The summed E-state index contributed by atoms with van der Waals surface area (Å²) in [6, 6.07) is 8.07. The number of ether oxygens (including phenoxy) is 1. The van der Waals surface area contributed by atoms with Crippen LogP contribution in [0.2, 0.25) is 0 Å². The normalized spacial score (nSPS) is 15.9. The molecule has 0 saturated heterocycles. The molecule has 0 spiro atoms. The van der Waals surface area contributed by atoms with Crippen molar-refractivity contribution in [3.05, 3.63) is 29.0 Å². The number of aromatic nitrogens is 3. The van der Waals surface area contributed by atoms with Gasteiger partial charge in [-0.2, -0.15) is 5.10 Å². The molecule has 0 unspecified atom stereocenters. The first-order valence-corrected chi connectivity index (χ1v) is 8.57. The Morgan fingerprint density at radius 1 is 1.23 bits per heavy atom. The van der Waals surface area contributed by atoms with E-state index in [-0.39, 0.29) is 0 Å². The molecule has 0 aliphatic heterocycles. The fourth-order valence-corrected chi connectivity index (χ4v) is 3.41. The molecule has 1 aromatic heterocycles. The van der Waals surface area contributed by atoms with Crippen molar-refractivity contribution in [1.29, 1.82) is 0 Å². The van der Waals surface area contributed by atoms with Crippen molar-refractivity contribution in [2.75, 3.05) is 6.61 Å². The van der Waals surface area contributed by atoms with E-state index in [9.17, 15) is 0 Å². The summed E-state index contributed by atoms with van der Waals surface area (Å²) < 4.78 is 8.37. The summed E-state index contributed by atoms with van der Waals surface area (Å²) in [7, 11) is 0. The van der Waals surface area contributed by atoms with Gasteiger partial charge in [-0.15, -0.1) is 0 Å². The van der Waals surface area contributed by atoms with Crippen LogP contribution in [0.1, 0.15) is 39.0 Å². The second-order valence-electron chi connectivity index (χ2n) is 5.92. The van der Waals surface area contributed by atoms with Crippen molar-refractivity contribution in [3.8, 4) is 17.1 Å². The highest BCUT2D eigenvalue weighted by atomic mass is 32.1. The van der Waals surface area contributed by atoms with Gasteiger partial charge in [0.25, 0.3) is 0 Å². The fourth-order valence-electron chi connectivity index (χ4n) is 3.20. The first kappa shape index (κ1) is 15.3. The lowest BCUT2D eigenvalue weighted by Crippen LogP contribution is -2.15. The minimum absolute atomic E-state index is 0.680. The van der Waals surface area contributed by atoms with Crippen LogP contribution in [0, 0.1) is 10.7 Å². The largest absolute Gasteiger partial charge is 0.494 e. The van der Waals surface area contributed by atoms with Gasteiger partial charge in [-0.3, -0.25) is 9.67 Å². The summed E-state index contributed by atoms with van der Waals surface area (Å²) >= 11 is 5.43. The molecule has 0 amide bonds. The molecule has 1 N–H and O–H groups in total. The van der Waals surface area contributed by atoms with Crippen LogP contribution in [0.15, 0.2) is 24.3 Å². The predicted octanol–water partition coefficient (Wildman–Crippen LogP) is 4.59. The molecule has 0 atom stereocenters. The Bertz CT molecular complexity index is 653. The van der Waals surface area contributed by atoms with Crippen molar-refractivity contribution in [2.24, 2.45) is 5.92 Å². The molecule has 1 aliphatic carbocycles. The van der Waals surface area contributed by atoms with Gasteiger partial charge in [0.2, 0.25) is 0 Å². The van der Waals surface area contributed by atoms with Crippen molar-refractivity contribution in [1.82, 2.24) is 14.8 Å². The molecule has 1 aromatic carbocycles. The Kier molecular flexibility index (Phi) is 4.93. The van der Waals surface area contributed by atoms with Gasteiger partial charge in [0.1, 0.15) is 5.75 Å². The highest BCUT2D eigenvalue weighted by Gasteiger charge is 2.17. The van der Waals surface area contributed by atoms with E-state index < -0.39 is 0 Å². The monoisotopic (exact) mass is 317 g/mol. The summed E-state index contributed by atoms with van der Waals surface area (Å²) in [6.45, 7) is 3.64. The number of nitrogens with one attached hydrogen (secondary N) is 1. The minimum atomic E-state index is 0.680. The van der Waals surface area contributed by atoms with Gasteiger partial charge in [-0.05, 0) is 62.2 Å². The third-order valence-electron chi connectivity index (χ3n) is 4.35. The third kappa shape index (κ3) is 3.40. The van der Waals surface area contributed by atoms with Gasteiger partial charge in [0.05, 0.1) is 6.61 Å². The van der Waals surface area contributed by atoms with Gasteiger partial charge in [0.15, 0.2) is 10.6 Å². The van der Waals surface area contributed by atoms with Crippen LogP contribution < -0.4 is 4.74 Å². The standard InChI is InChI=1S/C17H23N3OS/c1-2-21-15-10-8-14(9-11-15)16-18-19-17(22)20(16)12-13-6-4-3-5-7-13/h8-11,13H,2-7,12H2,1H3,(H,19,22). The molecular weight excluding hydrogens is 294 g/mol. The Labute approximate surface area is 136 Å². The topological polar surface area (TPSA) is 42.8 Å². The minimum Gasteiger partial charge on any atom is -0.494 e. The van der Waals surface area contributed by atoms with Gasteiger partial charge in [-0.25, -0.2) is 0 Å². The zero-order chi connectivity index (χ0) is 15.4. The quantitative estimate of drug-likeness (QED) is 0.820. The molecule has 3 rings (SSSR count). The highest BCUT2D eigenvalue weighted by molar-refractivity contribution is 7.71. The van der Waals surface area contributed by atoms with Crippen molar-refractivity contribution >= 4 is 12.2 Å². The first-order valence-electron chi connectivity index (χ1n) is 8.16. The highest BCUT2D eigenvalue weighted by Crippen LogP contribution is 2.27. The van der Waals surface area contributed by atoms with Crippen LogP contribution in [0.5, 0.6) is 5.75 Å². The van der Waals surface area contributed by atoms with Gasteiger partial charge in [-0.1, -0.05) is 19.3 Å². The molecule has 2 aromatic rings. The fraction of sp³-hybridized carbons (Fsp3) is 0.529. The Morgan fingerprint density at radius 2 is 1.95 bits per heavy atom. The SMILES string of the molecule is CCOc1ccc(-c2n[nH]c(=S)n2CC2CCCCC2)cc1. The molecule has 1 aliphatic rings. The van der Waals surface area contributed by atoms with Gasteiger partial charge in [0, 0.05) is 12.1 Å². The lowest BCUT2D eigenvalue weighted by Gasteiger charge is -2.22. The zero-order valence-corrected chi connectivity index (χ0v) is 13.9. The number of H-pyrrole nitrogens is 1. The molecule has 5 heteroatoms. The van der Waals surface area contributed by atoms with Gasteiger partial charge >= 0.3 is 0 Å². The molecule has 1 heterocycles. The van der Waals surface area contributed by atoms with Crippen LogP contribution in [-0.4, -0.2) is 21.4 Å². The van der Waals surface area contributed by atoms with Crippen molar-refractivity contribution < 1.29 is 4.74 Å². The summed E-state index contributed by atoms with van der Waals surface area (Å²) in [4.78, 5) is 0. The average Bonchev–Trinajstić information content (AvgIpc) is 2.91. The van der Waals surface area contributed by atoms with Crippen molar-refractivity contribution in [3.63, 3.8) is 0 Å². The van der Waals surface area contributed by atoms with E-state index in [1.807, 2.05) is 31.2 Å². The Morgan fingerprint density at radius 3 is 2.64 bits per heavy atom. The van der Waals surface area contributed by atoms with E-state index in [1.54, 1.807) is 0 Å². The lowest BCUT2D eigenvalue weighted by atomic mass is 9.89. The van der Waals surface area contributed by atoms with Gasteiger partial charge < -0.3 is 4.74 Å². The van der Waals surface area contributed by atoms with E-state index >= 15 is 0 Å². The molecule has 0 bridgehead atoms. The molecule has 0 radical (unpaired) electrons. The average molecular weight is 317 g/mol. The summed E-state index contributed by atoms with van der Waals surface area (Å²) in [6.07, 6.45) is 6.66. The molecular formula is C17H23N3OS. The van der Waals surface area contributed by atoms with Crippen LogP contribution >= 0.6 is 12.2 Å². The number of nitrogens with zero attached hydrogens (tertiary/aromatic N) is 2. The van der Waals surface area contributed by atoms with E-state index in [0.717, 1.165) is 34.4 Å². The smallest absolute Gasteiger partial charge is 0.195 e. The number of hydrogen-bond donors (Lipinski definition) is 1. The maximum Gasteiger partial charge on any atom is 0.195 e. The zero-order valence-electron chi connectivity index (χ0n) is 13.0. The maximum atomic E-state index is 5.50. The Balaban J connectivity index is 1.82. The predicted molar refractivity (Wildman–Crippen MR) is 90.6 cm³/mol. The number of hydrogen-bond acceptors (Lipinski definition) is 3. The van der Waals surface area contributed by atoms with Crippen LogP contribution in [0.3, 0.4) is 0 Å². The molecule has 22 heavy (non-hydrogen) atoms. The lowest BCUT2D eigenvalue weighted by molar-refractivity contribution is 0.319. The first-order chi connectivity index (χ1) is 10.8. The number of rotatable bonds is 5. The third-order valence-corrected chi connectivity index (χ3v) is 4.66. The molecule has 118 valence electrons. The van der Waals surface area contributed by atoms with E-state index in [0.29, 0.717) is 6.61 Å². The summed E-state index contributed by atoms with van der Waals surface area (Å²) in [5.74, 6) is 2.54. The summed E-state index contributed by atoms with van der Waals surface area (Å²) in [5.41, 5.74) is 1.08. The number of aromatic amines is 1. The molecule has 1 saturated carbocycles. The van der Waals surface area contributed by atoms with Crippen LogP contribution in [0.25, 0.3) is 11.4 Å². The molecule has 1 fully saturated rings. The van der Waals surface area contributed by atoms with Crippen LogP contribution in [-0.2, 0) is 6.54 Å². The second-order valence-corrected chi connectivity index (χ2v) is 6.31. The van der Waals surface area contributed by atoms with E-state index in [4.69, 9.17) is 17.0 Å². The maximum absolute atomic E-state index is 5.50. The van der Waals surface area contributed by atoms with E-state index in [1.165, 1.54) is 32.1 Å². The van der Waals surface area contributed by atoms with Crippen molar-refractivity contribution in [2.45, 2.75) is 45.6 Å². The second kappa shape index (κ2) is 7.09. The molecule has 4 nitrogen and oxygen atoms in total. The number of benzene rings is 1. The summed E-state index contributed by atoms with van der Waals surface area (Å²) in [5, 5.41) is 7.38. The van der Waals surface area contributed by atoms with Crippen LogP contribution in [0.4, 0.5) is 0 Å².